The minimum absolute atomic E-state index is 0.141. The summed E-state index contributed by atoms with van der Waals surface area (Å²) >= 11 is 0. The van der Waals surface area contributed by atoms with Crippen molar-refractivity contribution in [2.45, 2.75) is 6.92 Å². The number of carboxylic acids is 1. The number of rotatable bonds is 3. The van der Waals surface area contributed by atoms with Gasteiger partial charge in [0.2, 0.25) is 0 Å². The van der Waals surface area contributed by atoms with Crippen LogP contribution in [0.25, 0.3) is 6.08 Å². The minimum Gasteiger partial charge on any atom is -0.478 e. The lowest BCUT2D eigenvalue weighted by Gasteiger charge is -2.02. The molecular formula is C11H11NO3. The minimum atomic E-state index is -1.03. The van der Waals surface area contributed by atoms with Crippen LogP contribution in [-0.4, -0.2) is 16.9 Å². The van der Waals surface area contributed by atoms with E-state index in [1.807, 2.05) is 0 Å². The molecule has 15 heavy (non-hydrogen) atoms. The number of carbonyl (C=O) groups is 2. The molecule has 0 aliphatic carbocycles. The summed E-state index contributed by atoms with van der Waals surface area (Å²) in [6.45, 7) is 1.41. The van der Waals surface area contributed by atoms with Crippen LogP contribution in [-0.2, 0) is 4.79 Å². The fourth-order valence-corrected chi connectivity index (χ4v) is 1.15. The average Bonchev–Trinajstić information content (AvgIpc) is 2.16. The van der Waals surface area contributed by atoms with E-state index in [2.05, 4.69) is 0 Å². The highest BCUT2D eigenvalue weighted by Crippen LogP contribution is 2.15. The van der Waals surface area contributed by atoms with Crippen LogP contribution in [0.15, 0.2) is 24.3 Å². The number of Topliss-reactive ketones (excluding diaryl/α,β-unsaturated/α-hetero) is 1. The Hall–Kier alpha value is -2.10. The van der Waals surface area contributed by atoms with Crippen LogP contribution >= 0.6 is 0 Å². The van der Waals surface area contributed by atoms with Gasteiger partial charge < -0.3 is 10.8 Å². The Labute approximate surface area is 87.0 Å². The highest BCUT2D eigenvalue weighted by molar-refractivity contribution is 5.99. The zero-order valence-corrected chi connectivity index (χ0v) is 8.23. The van der Waals surface area contributed by atoms with Gasteiger partial charge in [0.25, 0.3) is 0 Å². The summed E-state index contributed by atoms with van der Waals surface area (Å²) in [5.74, 6) is -1.17. The standard InChI is InChI=1S/C11H11NO3/c1-7(13)9-6-8(2-4-10(9)12)3-5-11(14)15/h2-6H,12H2,1H3,(H,14,15). The SMILES string of the molecule is CC(=O)c1cc(C=CC(=O)O)ccc1N. The summed E-state index contributed by atoms with van der Waals surface area (Å²) in [5.41, 5.74) is 7.02. The molecule has 0 bridgehead atoms. The Bertz CT molecular complexity index is 435. The number of hydrogen-bond donors (Lipinski definition) is 2. The van der Waals surface area contributed by atoms with E-state index in [4.69, 9.17) is 10.8 Å². The van der Waals surface area contributed by atoms with Crippen LogP contribution in [0.3, 0.4) is 0 Å². The zero-order chi connectivity index (χ0) is 11.4. The Morgan fingerprint density at radius 3 is 2.60 bits per heavy atom. The van der Waals surface area contributed by atoms with E-state index in [0.29, 0.717) is 16.8 Å². The van der Waals surface area contributed by atoms with E-state index >= 15 is 0 Å². The Balaban J connectivity index is 3.08. The number of aliphatic carboxylic acids is 1. The fourth-order valence-electron chi connectivity index (χ4n) is 1.15. The summed E-state index contributed by atoms with van der Waals surface area (Å²) in [6, 6.07) is 4.80. The average molecular weight is 205 g/mol. The molecule has 0 unspecified atom stereocenters. The van der Waals surface area contributed by atoms with Gasteiger partial charge in [0, 0.05) is 17.3 Å². The van der Waals surface area contributed by atoms with Gasteiger partial charge in [0.05, 0.1) is 0 Å². The Kier molecular flexibility index (Phi) is 3.23. The Morgan fingerprint density at radius 1 is 1.40 bits per heavy atom. The van der Waals surface area contributed by atoms with Crippen molar-refractivity contribution in [1.29, 1.82) is 0 Å². The van der Waals surface area contributed by atoms with E-state index in [1.54, 1.807) is 18.2 Å². The second kappa shape index (κ2) is 4.41. The van der Waals surface area contributed by atoms with Gasteiger partial charge in [-0.1, -0.05) is 6.07 Å². The van der Waals surface area contributed by atoms with Gasteiger partial charge in [-0.05, 0) is 30.7 Å². The molecule has 0 aromatic heterocycles. The van der Waals surface area contributed by atoms with Crippen molar-refractivity contribution in [3.8, 4) is 0 Å². The normalized spacial score (nSPS) is 10.5. The third-order valence-electron chi connectivity index (χ3n) is 1.88. The summed E-state index contributed by atoms with van der Waals surface area (Å²) in [5, 5.41) is 8.43. The molecule has 0 aliphatic rings. The number of hydrogen-bond acceptors (Lipinski definition) is 3. The van der Waals surface area contributed by atoms with Crippen molar-refractivity contribution >= 4 is 23.5 Å². The quantitative estimate of drug-likeness (QED) is 0.446. The smallest absolute Gasteiger partial charge is 0.328 e. The molecule has 0 aliphatic heterocycles. The third kappa shape index (κ3) is 2.95. The third-order valence-corrected chi connectivity index (χ3v) is 1.88. The monoisotopic (exact) mass is 205 g/mol. The molecule has 0 spiro atoms. The first-order valence-electron chi connectivity index (χ1n) is 4.32. The van der Waals surface area contributed by atoms with Crippen LogP contribution in [0.4, 0.5) is 5.69 Å². The predicted octanol–water partition coefficient (Wildman–Crippen LogP) is 1.57. The highest BCUT2D eigenvalue weighted by atomic mass is 16.4. The van der Waals surface area contributed by atoms with Gasteiger partial charge in [0.1, 0.15) is 0 Å². The molecule has 0 saturated carbocycles. The lowest BCUT2D eigenvalue weighted by atomic mass is 10.1. The van der Waals surface area contributed by atoms with Gasteiger partial charge in [-0.2, -0.15) is 0 Å². The predicted molar refractivity (Wildman–Crippen MR) is 57.5 cm³/mol. The zero-order valence-electron chi connectivity index (χ0n) is 8.23. The van der Waals surface area contributed by atoms with Gasteiger partial charge >= 0.3 is 5.97 Å². The fraction of sp³-hybridized carbons (Fsp3) is 0.0909. The molecule has 0 atom stereocenters. The maximum atomic E-state index is 11.1. The van der Waals surface area contributed by atoms with Crippen LogP contribution < -0.4 is 5.73 Å². The number of anilines is 1. The highest BCUT2D eigenvalue weighted by Gasteiger charge is 2.04. The number of ketones is 1. The maximum Gasteiger partial charge on any atom is 0.328 e. The first-order valence-corrected chi connectivity index (χ1v) is 4.32. The summed E-state index contributed by atoms with van der Waals surface area (Å²) in [6.07, 6.45) is 2.42. The second-order valence-electron chi connectivity index (χ2n) is 3.07. The maximum absolute atomic E-state index is 11.1. The van der Waals surface area contributed by atoms with Gasteiger partial charge in [-0.3, -0.25) is 4.79 Å². The lowest BCUT2D eigenvalue weighted by molar-refractivity contribution is -0.131. The molecule has 0 amide bonds. The van der Waals surface area contributed by atoms with E-state index in [1.165, 1.54) is 13.0 Å². The van der Waals surface area contributed by atoms with E-state index in [9.17, 15) is 9.59 Å². The van der Waals surface area contributed by atoms with Gasteiger partial charge in [-0.25, -0.2) is 4.79 Å². The van der Waals surface area contributed by atoms with Crippen molar-refractivity contribution < 1.29 is 14.7 Å². The van der Waals surface area contributed by atoms with Crippen molar-refractivity contribution in [2.24, 2.45) is 0 Å². The second-order valence-corrected chi connectivity index (χ2v) is 3.07. The number of nitrogen functional groups attached to an aromatic ring is 1. The van der Waals surface area contributed by atoms with Crippen molar-refractivity contribution in [1.82, 2.24) is 0 Å². The molecule has 3 N–H and O–H groups in total. The van der Waals surface area contributed by atoms with Gasteiger partial charge in [-0.15, -0.1) is 0 Å². The van der Waals surface area contributed by atoms with E-state index in [0.717, 1.165) is 6.08 Å². The first-order chi connectivity index (χ1) is 7.00. The largest absolute Gasteiger partial charge is 0.478 e. The summed E-state index contributed by atoms with van der Waals surface area (Å²) in [7, 11) is 0. The van der Waals surface area contributed by atoms with E-state index < -0.39 is 5.97 Å². The molecule has 0 heterocycles. The molecule has 4 heteroatoms. The molecule has 4 nitrogen and oxygen atoms in total. The van der Waals surface area contributed by atoms with Crippen LogP contribution in [0.1, 0.15) is 22.8 Å². The van der Waals surface area contributed by atoms with Crippen molar-refractivity contribution in [3.63, 3.8) is 0 Å². The molecule has 1 rings (SSSR count). The number of carboxylic acid groups (broad SMARTS) is 1. The van der Waals surface area contributed by atoms with Crippen LogP contribution in [0.5, 0.6) is 0 Å². The molecular weight excluding hydrogens is 194 g/mol. The molecule has 1 aromatic rings. The molecule has 1 aromatic carbocycles. The Morgan fingerprint density at radius 2 is 2.07 bits per heavy atom. The molecule has 0 fully saturated rings. The summed E-state index contributed by atoms with van der Waals surface area (Å²) in [4.78, 5) is 21.4. The number of nitrogens with two attached hydrogens (primary N) is 1. The van der Waals surface area contributed by atoms with Crippen LogP contribution in [0, 0.1) is 0 Å². The van der Waals surface area contributed by atoms with Crippen molar-refractivity contribution in [2.75, 3.05) is 5.73 Å². The van der Waals surface area contributed by atoms with Crippen molar-refractivity contribution in [3.05, 3.63) is 35.4 Å². The first kappa shape index (κ1) is 11.0. The molecule has 78 valence electrons. The topological polar surface area (TPSA) is 80.4 Å². The number of benzene rings is 1. The summed E-state index contributed by atoms with van der Waals surface area (Å²) < 4.78 is 0. The lowest BCUT2D eigenvalue weighted by Crippen LogP contribution is -1.99. The molecule has 0 radical (unpaired) electrons. The van der Waals surface area contributed by atoms with Gasteiger partial charge in [0.15, 0.2) is 5.78 Å². The molecule has 0 saturated heterocycles. The van der Waals surface area contributed by atoms with E-state index in [-0.39, 0.29) is 5.78 Å². The van der Waals surface area contributed by atoms with Crippen LogP contribution in [0.2, 0.25) is 0 Å². The number of carbonyl (C=O) groups excluding carboxylic acids is 1.